The number of benzene rings is 2. The summed E-state index contributed by atoms with van der Waals surface area (Å²) >= 11 is 0. The summed E-state index contributed by atoms with van der Waals surface area (Å²) in [4.78, 5) is 12.0. The van der Waals surface area contributed by atoms with Crippen LogP contribution in [0.3, 0.4) is 0 Å². The monoisotopic (exact) mass is 274 g/mol. The first kappa shape index (κ1) is 13.9. The van der Waals surface area contributed by atoms with Gasteiger partial charge >= 0.3 is 0 Å². The average molecular weight is 274 g/mol. The number of nitrogen functional groups attached to an aromatic ring is 1. The van der Waals surface area contributed by atoms with E-state index in [-0.39, 0.29) is 5.56 Å². The molecule has 3 N–H and O–H groups in total. The van der Waals surface area contributed by atoms with E-state index in [1.807, 2.05) is 0 Å². The first-order valence-electron chi connectivity index (χ1n) is 6.03. The van der Waals surface area contributed by atoms with E-state index in [0.717, 1.165) is 0 Å². The second-order valence-corrected chi connectivity index (χ2v) is 4.35. The van der Waals surface area contributed by atoms with Crippen LogP contribution in [0.4, 0.5) is 15.8 Å². The Bertz CT molecular complexity index is 656. The third kappa shape index (κ3) is 2.71. The lowest BCUT2D eigenvalue weighted by atomic mass is 10.1. The predicted octanol–water partition coefficient (Wildman–Crippen LogP) is 2.98. The van der Waals surface area contributed by atoms with Gasteiger partial charge < -0.3 is 15.8 Å². The van der Waals surface area contributed by atoms with Gasteiger partial charge in [-0.3, -0.25) is 4.79 Å². The number of nitrogens with one attached hydrogen (secondary N) is 1. The molecule has 2 aromatic carbocycles. The van der Waals surface area contributed by atoms with Crippen molar-refractivity contribution in [3.63, 3.8) is 0 Å². The summed E-state index contributed by atoms with van der Waals surface area (Å²) in [6.45, 7) is 1.61. The molecule has 0 fully saturated rings. The number of methoxy groups -OCH3 is 1. The second kappa shape index (κ2) is 5.61. The number of amides is 1. The van der Waals surface area contributed by atoms with Crippen molar-refractivity contribution in [3.05, 3.63) is 53.3 Å². The number of carbonyl (C=O) groups is 1. The van der Waals surface area contributed by atoms with Gasteiger partial charge in [0.2, 0.25) is 0 Å². The number of carbonyl (C=O) groups excluding carboxylic acids is 1. The summed E-state index contributed by atoms with van der Waals surface area (Å²) in [5, 5.41) is 2.61. The highest BCUT2D eigenvalue weighted by molar-refractivity contribution is 6.04. The van der Waals surface area contributed by atoms with E-state index in [4.69, 9.17) is 10.5 Å². The van der Waals surface area contributed by atoms with Gasteiger partial charge in [-0.25, -0.2) is 4.39 Å². The third-order valence-electron chi connectivity index (χ3n) is 2.93. The first-order chi connectivity index (χ1) is 9.52. The van der Waals surface area contributed by atoms with Gasteiger partial charge in [0.25, 0.3) is 5.91 Å². The molecular formula is C15H15FN2O2. The quantitative estimate of drug-likeness (QED) is 0.846. The molecule has 0 aromatic heterocycles. The minimum absolute atomic E-state index is 0.000733. The van der Waals surface area contributed by atoms with Crippen LogP contribution in [0.2, 0.25) is 0 Å². The lowest BCUT2D eigenvalue weighted by Crippen LogP contribution is -2.14. The molecule has 0 spiro atoms. The van der Waals surface area contributed by atoms with E-state index >= 15 is 0 Å². The Morgan fingerprint density at radius 1 is 1.30 bits per heavy atom. The zero-order valence-corrected chi connectivity index (χ0v) is 11.2. The SMILES string of the molecule is COc1cc(NC(=O)c2cccc(C)c2F)ccc1N. The van der Waals surface area contributed by atoms with Crippen LogP contribution in [0.15, 0.2) is 36.4 Å². The molecule has 5 heteroatoms. The zero-order valence-electron chi connectivity index (χ0n) is 11.2. The van der Waals surface area contributed by atoms with E-state index < -0.39 is 11.7 Å². The number of nitrogens with two attached hydrogens (primary N) is 1. The summed E-state index contributed by atoms with van der Waals surface area (Å²) in [5.41, 5.74) is 7.07. The molecule has 4 nitrogen and oxygen atoms in total. The van der Waals surface area contributed by atoms with Gasteiger partial charge in [-0.2, -0.15) is 0 Å². The Kier molecular flexibility index (Phi) is 3.89. The van der Waals surface area contributed by atoms with E-state index in [1.165, 1.54) is 13.2 Å². The van der Waals surface area contributed by atoms with Crippen LogP contribution < -0.4 is 15.8 Å². The van der Waals surface area contributed by atoms with Crippen LogP contribution in [0, 0.1) is 12.7 Å². The molecule has 0 saturated carbocycles. The van der Waals surface area contributed by atoms with Gasteiger partial charge in [-0.05, 0) is 30.7 Å². The third-order valence-corrected chi connectivity index (χ3v) is 2.93. The highest BCUT2D eigenvalue weighted by Gasteiger charge is 2.13. The normalized spacial score (nSPS) is 10.2. The second-order valence-electron chi connectivity index (χ2n) is 4.35. The summed E-state index contributed by atoms with van der Waals surface area (Å²) in [6, 6.07) is 9.51. The smallest absolute Gasteiger partial charge is 0.258 e. The van der Waals surface area contributed by atoms with Crippen LogP contribution in [0.5, 0.6) is 5.75 Å². The maximum Gasteiger partial charge on any atom is 0.258 e. The topological polar surface area (TPSA) is 64.3 Å². The molecule has 0 unspecified atom stereocenters. The standard InChI is InChI=1S/C15H15FN2O2/c1-9-4-3-5-11(14(9)16)15(19)18-10-6-7-12(17)13(8-10)20-2/h3-8H,17H2,1-2H3,(H,18,19). The van der Waals surface area contributed by atoms with Crippen LogP contribution >= 0.6 is 0 Å². The van der Waals surface area contributed by atoms with Gasteiger partial charge in [-0.15, -0.1) is 0 Å². The Morgan fingerprint density at radius 2 is 2.05 bits per heavy atom. The summed E-state index contributed by atoms with van der Waals surface area (Å²) < 4.78 is 18.9. The highest BCUT2D eigenvalue weighted by atomic mass is 19.1. The van der Waals surface area contributed by atoms with Crippen LogP contribution in [0.1, 0.15) is 15.9 Å². The average Bonchev–Trinajstić information content (AvgIpc) is 2.43. The molecule has 0 aliphatic carbocycles. The van der Waals surface area contributed by atoms with Crippen molar-refractivity contribution in [3.8, 4) is 5.75 Å². The van der Waals surface area contributed by atoms with Crippen molar-refractivity contribution in [1.82, 2.24) is 0 Å². The number of anilines is 2. The fraction of sp³-hybridized carbons (Fsp3) is 0.133. The summed E-state index contributed by atoms with van der Waals surface area (Å²) in [6.07, 6.45) is 0. The minimum Gasteiger partial charge on any atom is -0.495 e. The molecule has 0 bridgehead atoms. The molecule has 2 rings (SSSR count). The Hall–Kier alpha value is -2.56. The Labute approximate surface area is 116 Å². The van der Waals surface area contributed by atoms with Crippen LogP contribution in [-0.4, -0.2) is 13.0 Å². The molecular weight excluding hydrogens is 259 g/mol. The molecule has 104 valence electrons. The number of halogens is 1. The molecule has 1 amide bonds. The predicted molar refractivity (Wildman–Crippen MR) is 76.5 cm³/mol. The molecule has 0 saturated heterocycles. The first-order valence-corrected chi connectivity index (χ1v) is 6.03. The largest absolute Gasteiger partial charge is 0.495 e. The Morgan fingerprint density at radius 3 is 2.75 bits per heavy atom. The highest BCUT2D eigenvalue weighted by Crippen LogP contribution is 2.25. The van der Waals surface area contributed by atoms with Gasteiger partial charge in [0.15, 0.2) is 0 Å². The van der Waals surface area contributed by atoms with Crippen molar-refractivity contribution >= 4 is 17.3 Å². The number of hydrogen-bond donors (Lipinski definition) is 2. The van der Waals surface area contributed by atoms with E-state index in [1.54, 1.807) is 37.3 Å². The number of rotatable bonds is 3. The number of hydrogen-bond acceptors (Lipinski definition) is 3. The fourth-order valence-corrected chi connectivity index (χ4v) is 1.81. The van der Waals surface area contributed by atoms with Gasteiger partial charge in [0, 0.05) is 11.8 Å². The maximum atomic E-state index is 13.9. The molecule has 0 aliphatic heterocycles. The molecule has 0 aliphatic rings. The zero-order chi connectivity index (χ0) is 14.7. The van der Waals surface area contributed by atoms with Gasteiger partial charge in [0.1, 0.15) is 11.6 Å². The molecule has 2 aromatic rings. The molecule has 0 heterocycles. The lowest BCUT2D eigenvalue weighted by molar-refractivity contribution is 0.102. The fourth-order valence-electron chi connectivity index (χ4n) is 1.81. The number of aryl methyl sites for hydroxylation is 1. The van der Waals surface area contributed by atoms with Gasteiger partial charge in [-0.1, -0.05) is 12.1 Å². The number of ether oxygens (including phenoxy) is 1. The van der Waals surface area contributed by atoms with Crippen molar-refractivity contribution < 1.29 is 13.9 Å². The van der Waals surface area contributed by atoms with E-state index in [0.29, 0.717) is 22.7 Å². The maximum absolute atomic E-state index is 13.9. The summed E-state index contributed by atoms with van der Waals surface area (Å²) in [5.74, 6) is -0.585. The van der Waals surface area contributed by atoms with Crippen molar-refractivity contribution in [2.24, 2.45) is 0 Å². The molecule has 0 radical (unpaired) electrons. The Balaban J connectivity index is 2.26. The minimum atomic E-state index is -0.521. The van der Waals surface area contributed by atoms with E-state index in [2.05, 4.69) is 5.32 Å². The van der Waals surface area contributed by atoms with Crippen molar-refractivity contribution in [2.45, 2.75) is 6.92 Å². The van der Waals surface area contributed by atoms with Crippen molar-refractivity contribution in [1.29, 1.82) is 0 Å². The van der Waals surface area contributed by atoms with Gasteiger partial charge in [0.05, 0.1) is 18.4 Å². The molecule has 20 heavy (non-hydrogen) atoms. The summed E-state index contributed by atoms with van der Waals surface area (Å²) in [7, 11) is 1.48. The van der Waals surface area contributed by atoms with Crippen LogP contribution in [0.25, 0.3) is 0 Å². The van der Waals surface area contributed by atoms with Crippen LogP contribution in [-0.2, 0) is 0 Å². The van der Waals surface area contributed by atoms with E-state index in [9.17, 15) is 9.18 Å². The molecule has 0 atom stereocenters. The lowest BCUT2D eigenvalue weighted by Gasteiger charge is -2.10. The van der Waals surface area contributed by atoms with Crippen molar-refractivity contribution in [2.75, 3.05) is 18.2 Å².